The Balaban J connectivity index is 2.52. The number of para-hydroxylation sites is 1. The van der Waals surface area contributed by atoms with Crippen LogP contribution in [0.2, 0.25) is 0 Å². The Bertz CT molecular complexity index is 801. The molecule has 2 aromatic carbocycles. The highest BCUT2D eigenvalue weighted by molar-refractivity contribution is 6.23. The van der Waals surface area contributed by atoms with E-state index >= 15 is 0 Å². The topological polar surface area (TPSA) is 73.6 Å². The van der Waals surface area contributed by atoms with Gasteiger partial charge < -0.3 is 9.84 Å². The van der Waals surface area contributed by atoms with Crippen molar-refractivity contribution in [3.8, 4) is 11.5 Å². The standard InChI is InChI=1S/C22H28N2O3/c1-5-6-12-21(26)24(16-10-8-7-9-11-16)22(23)18-13-17(15(2)3)20(27-4)14-19(18)25/h7-11,13-15,23,25H,5-6,12H2,1-4H3. The van der Waals surface area contributed by atoms with Crippen LogP contribution in [0, 0.1) is 5.41 Å². The van der Waals surface area contributed by atoms with E-state index in [9.17, 15) is 9.90 Å². The molecule has 0 heterocycles. The molecule has 0 atom stereocenters. The maximum absolute atomic E-state index is 12.8. The van der Waals surface area contributed by atoms with Gasteiger partial charge >= 0.3 is 0 Å². The maximum atomic E-state index is 12.8. The average molecular weight is 368 g/mol. The lowest BCUT2D eigenvalue weighted by molar-refractivity contribution is -0.117. The number of unbranched alkanes of at least 4 members (excludes halogenated alkanes) is 1. The molecular weight excluding hydrogens is 340 g/mol. The fourth-order valence-electron chi connectivity index (χ4n) is 2.94. The van der Waals surface area contributed by atoms with Gasteiger partial charge in [-0.1, -0.05) is 45.4 Å². The molecule has 0 bridgehead atoms. The van der Waals surface area contributed by atoms with Gasteiger partial charge in [-0.3, -0.25) is 15.1 Å². The minimum atomic E-state index is -0.158. The van der Waals surface area contributed by atoms with Gasteiger partial charge in [0.15, 0.2) is 0 Å². The summed E-state index contributed by atoms with van der Waals surface area (Å²) in [6.45, 7) is 6.06. The highest BCUT2D eigenvalue weighted by Crippen LogP contribution is 2.34. The quantitative estimate of drug-likeness (QED) is 0.529. The number of hydrogen-bond donors (Lipinski definition) is 2. The first-order chi connectivity index (χ1) is 12.9. The fraction of sp³-hybridized carbons (Fsp3) is 0.364. The summed E-state index contributed by atoms with van der Waals surface area (Å²) in [4.78, 5) is 14.2. The van der Waals surface area contributed by atoms with E-state index in [0.717, 1.165) is 18.4 Å². The number of ether oxygens (including phenoxy) is 1. The number of methoxy groups -OCH3 is 1. The van der Waals surface area contributed by atoms with Crippen molar-refractivity contribution in [1.29, 1.82) is 5.41 Å². The van der Waals surface area contributed by atoms with Gasteiger partial charge in [0.1, 0.15) is 17.3 Å². The molecule has 0 spiro atoms. The lowest BCUT2D eigenvalue weighted by Crippen LogP contribution is -2.37. The molecule has 0 aliphatic rings. The van der Waals surface area contributed by atoms with Gasteiger partial charge in [-0.2, -0.15) is 0 Å². The van der Waals surface area contributed by atoms with Crippen molar-refractivity contribution in [3.05, 3.63) is 53.6 Å². The van der Waals surface area contributed by atoms with E-state index in [1.54, 1.807) is 25.3 Å². The molecule has 0 aliphatic carbocycles. The molecule has 0 saturated heterocycles. The van der Waals surface area contributed by atoms with Crippen molar-refractivity contribution in [3.63, 3.8) is 0 Å². The Morgan fingerprint density at radius 3 is 2.44 bits per heavy atom. The summed E-state index contributed by atoms with van der Waals surface area (Å²) >= 11 is 0. The Kier molecular flexibility index (Phi) is 6.99. The van der Waals surface area contributed by atoms with Crippen LogP contribution in [0.25, 0.3) is 0 Å². The molecule has 5 heteroatoms. The third kappa shape index (κ3) is 4.67. The number of benzene rings is 2. The van der Waals surface area contributed by atoms with Crippen LogP contribution in [-0.4, -0.2) is 24.0 Å². The van der Waals surface area contributed by atoms with Crippen LogP contribution in [0.15, 0.2) is 42.5 Å². The average Bonchev–Trinajstić information content (AvgIpc) is 2.66. The molecule has 27 heavy (non-hydrogen) atoms. The second kappa shape index (κ2) is 9.21. The first-order valence-electron chi connectivity index (χ1n) is 9.28. The Labute approximate surface area is 161 Å². The van der Waals surface area contributed by atoms with E-state index in [0.29, 0.717) is 23.4 Å². The zero-order valence-electron chi connectivity index (χ0n) is 16.5. The predicted molar refractivity (Wildman–Crippen MR) is 109 cm³/mol. The van der Waals surface area contributed by atoms with Gasteiger partial charge in [-0.15, -0.1) is 0 Å². The molecule has 144 valence electrons. The van der Waals surface area contributed by atoms with E-state index in [1.807, 2.05) is 39.0 Å². The first kappa shape index (κ1) is 20.5. The number of nitrogens with zero attached hydrogens (tertiary/aromatic N) is 1. The van der Waals surface area contributed by atoms with Crippen molar-refractivity contribution in [1.82, 2.24) is 0 Å². The van der Waals surface area contributed by atoms with Crippen molar-refractivity contribution in [2.24, 2.45) is 0 Å². The molecule has 2 rings (SSSR count). The Morgan fingerprint density at radius 2 is 1.89 bits per heavy atom. The van der Waals surface area contributed by atoms with Crippen molar-refractivity contribution < 1.29 is 14.6 Å². The number of aromatic hydroxyl groups is 1. The van der Waals surface area contributed by atoms with Crippen molar-refractivity contribution in [2.45, 2.75) is 46.0 Å². The summed E-state index contributed by atoms with van der Waals surface area (Å²) in [5.74, 6) is 0.444. The number of rotatable bonds is 7. The molecule has 1 amide bonds. The monoisotopic (exact) mass is 368 g/mol. The molecule has 0 aliphatic heterocycles. The van der Waals surface area contributed by atoms with Crippen LogP contribution in [0.4, 0.5) is 5.69 Å². The summed E-state index contributed by atoms with van der Waals surface area (Å²) in [5, 5.41) is 19.2. The molecular formula is C22H28N2O3. The summed E-state index contributed by atoms with van der Waals surface area (Å²) in [6, 6.07) is 12.4. The largest absolute Gasteiger partial charge is 0.507 e. The molecule has 0 radical (unpaired) electrons. The van der Waals surface area contributed by atoms with Crippen LogP contribution in [0.1, 0.15) is 57.1 Å². The Morgan fingerprint density at radius 1 is 1.22 bits per heavy atom. The number of phenols is 1. The third-order valence-corrected chi connectivity index (χ3v) is 4.46. The van der Waals surface area contributed by atoms with Gasteiger partial charge in [-0.05, 0) is 36.1 Å². The molecule has 2 aromatic rings. The van der Waals surface area contributed by atoms with E-state index in [-0.39, 0.29) is 23.4 Å². The van der Waals surface area contributed by atoms with Crippen molar-refractivity contribution >= 4 is 17.4 Å². The van der Waals surface area contributed by atoms with Gasteiger partial charge in [-0.25, -0.2) is 0 Å². The number of anilines is 1. The van der Waals surface area contributed by atoms with E-state index in [1.165, 1.54) is 11.0 Å². The smallest absolute Gasteiger partial charge is 0.232 e. The number of carbonyl (C=O) groups excluding carboxylic acids is 1. The zero-order valence-corrected chi connectivity index (χ0v) is 16.5. The normalized spacial score (nSPS) is 10.7. The third-order valence-electron chi connectivity index (χ3n) is 4.46. The van der Waals surface area contributed by atoms with Crippen molar-refractivity contribution in [2.75, 3.05) is 12.0 Å². The number of phenolic OH excluding ortho intramolecular Hbond substituents is 1. The van der Waals surface area contributed by atoms with Crippen LogP contribution < -0.4 is 9.64 Å². The minimum Gasteiger partial charge on any atom is -0.507 e. The predicted octanol–water partition coefficient (Wildman–Crippen LogP) is 5.07. The van der Waals surface area contributed by atoms with E-state index < -0.39 is 0 Å². The van der Waals surface area contributed by atoms with Gasteiger partial charge in [0.2, 0.25) is 5.91 Å². The first-order valence-corrected chi connectivity index (χ1v) is 9.28. The SMILES string of the molecule is CCCCC(=O)N(C(=N)c1cc(C(C)C)c(OC)cc1O)c1ccccc1. The highest BCUT2D eigenvalue weighted by atomic mass is 16.5. The van der Waals surface area contributed by atoms with E-state index in [4.69, 9.17) is 10.1 Å². The molecule has 2 N–H and O–H groups in total. The van der Waals surface area contributed by atoms with Gasteiger partial charge in [0.25, 0.3) is 0 Å². The second-order valence-electron chi connectivity index (χ2n) is 6.78. The number of carbonyl (C=O) groups is 1. The molecule has 0 fully saturated rings. The summed E-state index contributed by atoms with van der Waals surface area (Å²) in [6.07, 6.45) is 2.00. The summed E-state index contributed by atoms with van der Waals surface area (Å²) in [7, 11) is 1.55. The van der Waals surface area contributed by atoms with E-state index in [2.05, 4.69) is 0 Å². The van der Waals surface area contributed by atoms with Crippen LogP contribution in [0.5, 0.6) is 11.5 Å². The molecule has 0 aromatic heterocycles. The Hall–Kier alpha value is -2.82. The van der Waals surface area contributed by atoms with Crippen LogP contribution in [-0.2, 0) is 4.79 Å². The van der Waals surface area contributed by atoms with Crippen LogP contribution >= 0.6 is 0 Å². The fourth-order valence-corrected chi connectivity index (χ4v) is 2.94. The lowest BCUT2D eigenvalue weighted by atomic mass is 9.97. The van der Waals surface area contributed by atoms with Gasteiger partial charge in [0, 0.05) is 12.5 Å². The summed E-state index contributed by atoms with van der Waals surface area (Å²) in [5.41, 5.74) is 1.81. The number of hydrogen-bond acceptors (Lipinski definition) is 4. The maximum Gasteiger partial charge on any atom is 0.232 e. The second-order valence-corrected chi connectivity index (χ2v) is 6.78. The summed E-state index contributed by atoms with van der Waals surface area (Å²) < 4.78 is 5.36. The molecule has 0 unspecified atom stereocenters. The lowest BCUT2D eigenvalue weighted by Gasteiger charge is -2.25. The molecule has 0 saturated carbocycles. The molecule has 5 nitrogen and oxygen atoms in total. The van der Waals surface area contributed by atoms with Crippen LogP contribution in [0.3, 0.4) is 0 Å². The zero-order chi connectivity index (χ0) is 20.0. The highest BCUT2D eigenvalue weighted by Gasteiger charge is 2.25. The number of nitrogens with one attached hydrogen (secondary N) is 1. The number of amidine groups is 1. The minimum absolute atomic E-state index is 0.0376. The number of amides is 1. The van der Waals surface area contributed by atoms with Gasteiger partial charge in [0.05, 0.1) is 18.4 Å².